The van der Waals surface area contributed by atoms with E-state index >= 15 is 0 Å². The first-order valence-electron chi connectivity index (χ1n) is 9.96. The largest absolute Gasteiger partial charge is 0.471 e. The number of carbonyl (C=O) groups is 1. The number of nitrogens with one attached hydrogen (secondary N) is 1. The number of hydrogen-bond donors (Lipinski definition) is 1. The van der Waals surface area contributed by atoms with Crippen LogP contribution in [-0.4, -0.2) is 30.3 Å². The Morgan fingerprint density at radius 1 is 1.21 bits per heavy atom. The zero-order valence-electron chi connectivity index (χ0n) is 16.9. The van der Waals surface area contributed by atoms with Crippen molar-refractivity contribution < 1.29 is 22.7 Å². The lowest BCUT2D eigenvalue weighted by Crippen LogP contribution is -2.16. The first kappa shape index (κ1) is 21.3. The molecule has 1 aliphatic carbocycles. The fourth-order valence-electron chi connectivity index (χ4n) is 3.33. The summed E-state index contributed by atoms with van der Waals surface area (Å²) in [6, 6.07) is 7.85. The molecule has 0 unspecified atom stereocenters. The molecule has 0 atom stereocenters. The van der Waals surface area contributed by atoms with Gasteiger partial charge in [-0.15, -0.1) is 0 Å². The fourth-order valence-corrected chi connectivity index (χ4v) is 3.51. The Morgan fingerprint density at radius 2 is 2.03 bits per heavy atom. The molecule has 5 rings (SSSR count). The molecule has 0 aliphatic heterocycles. The molecule has 3 heterocycles. The van der Waals surface area contributed by atoms with Gasteiger partial charge in [0.1, 0.15) is 17.0 Å². The van der Waals surface area contributed by atoms with E-state index in [1.807, 2.05) is 0 Å². The van der Waals surface area contributed by atoms with Crippen LogP contribution >= 0.6 is 11.6 Å². The minimum atomic E-state index is -4.63. The van der Waals surface area contributed by atoms with Crippen molar-refractivity contribution in [3.05, 3.63) is 70.9 Å². The second-order valence-electron chi connectivity index (χ2n) is 7.59. The van der Waals surface area contributed by atoms with Gasteiger partial charge in [0, 0.05) is 16.6 Å². The lowest BCUT2D eigenvalue weighted by Gasteiger charge is -2.11. The Balaban J connectivity index is 1.35. The van der Waals surface area contributed by atoms with Crippen LogP contribution in [0.4, 0.5) is 18.9 Å². The Morgan fingerprint density at radius 3 is 2.76 bits per heavy atom. The number of carbonyl (C=O) groups excluding carboxylic acids is 1. The number of aromatic nitrogens is 5. The van der Waals surface area contributed by atoms with Crippen molar-refractivity contribution in [2.45, 2.75) is 31.7 Å². The lowest BCUT2D eigenvalue weighted by atomic mass is 10.2. The third kappa shape index (κ3) is 4.49. The van der Waals surface area contributed by atoms with Crippen molar-refractivity contribution in [3.63, 3.8) is 0 Å². The number of amides is 1. The van der Waals surface area contributed by atoms with Crippen LogP contribution in [0, 0.1) is 0 Å². The van der Waals surface area contributed by atoms with E-state index in [1.54, 1.807) is 24.3 Å². The Hall–Kier alpha value is -3.60. The van der Waals surface area contributed by atoms with Crippen LogP contribution in [0.2, 0.25) is 5.02 Å². The van der Waals surface area contributed by atoms with E-state index in [9.17, 15) is 18.0 Å². The van der Waals surface area contributed by atoms with Gasteiger partial charge in [-0.25, -0.2) is 14.2 Å². The molecular weight excluding hydrogens is 461 g/mol. The average molecular weight is 477 g/mol. The molecule has 170 valence electrons. The van der Waals surface area contributed by atoms with E-state index in [-0.39, 0.29) is 23.9 Å². The standard InChI is InChI=1S/C21H16ClF3N6O2/c22-13-2-1-3-15(6-13)33-11-30-10-14(8-26-30)28-20(32)16-9-27-31-18(21(23,24)25)7-17(12-4-5-12)29-19(16)31/h1-3,6-10,12H,4-5,11H2,(H,28,32). The number of rotatable bonds is 6. The van der Waals surface area contributed by atoms with Crippen LogP contribution in [0.5, 0.6) is 5.75 Å². The number of benzene rings is 1. The highest BCUT2D eigenvalue weighted by Gasteiger charge is 2.38. The average Bonchev–Trinajstić information content (AvgIpc) is 3.37. The Bertz CT molecular complexity index is 1350. The van der Waals surface area contributed by atoms with E-state index in [0.29, 0.717) is 26.7 Å². The summed E-state index contributed by atoms with van der Waals surface area (Å²) in [6.45, 7) is 0.0637. The van der Waals surface area contributed by atoms with Crippen LogP contribution in [0.25, 0.3) is 5.65 Å². The van der Waals surface area contributed by atoms with Crippen LogP contribution in [0.1, 0.15) is 40.5 Å². The first-order chi connectivity index (χ1) is 15.8. The van der Waals surface area contributed by atoms with Crippen molar-refractivity contribution in [1.29, 1.82) is 0 Å². The van der Waals surface area contributed by atoms with Gasteiger partial charge in [0.25, 0.3) is 5.91 Å². The van der Waals surface area contributed by atoms with Gasteiger partial charge in [0.05, 0.1) is 24.3 Å². The summed E-state index contributed by atoms with van der Waals surface area (Å²) in [4.78, 5) is 17.1. The number of ether oxygens (including phenoxy) is 1. The quantitative estimate of drug-likeness (QED) is 0.433. The Labute approximate surface area is 189 Å². The first-order valence-corrected chi connectivity index (χ1v) is 10.3. The number of anilines is 1. The van der Waals surface area contributed by atoms with Gasteiger partial charge in [0.15, 0.2) is 12.4 Å². The molecule has 1 amide bonds. The van der Waals surface area contributed by atoms with E-state index in [2.05, 4.69) is 20.5 Å². The van der Waals surface area contributed by atoms with Gasteiger partial charge in [0.2, 0.25) is 0 Å². The van der Waals surface area contributed by atoms with Crippen LogP contribution in [0.15, 0.2) is 48.9 Å². The highest BCUT2D eigenvalue weighted by molar-refractivity contribution is 6.30. The van der Waals surface area contributed by atoms with Crippen LogP contribution in [0.3, 0.4) is 0 Å². The maximum absolute atomic E-state index is 13.5. The molecular formula is C21H16ClF3N6O2. The zero-order valence-corrected chi connectivity index (χ0v) is 17.6. The van der Waals surface area contributed by atoms with Gasteiger partial charge in [-0.05, 0) is 37.1 Å². The van der Waals surface area contributed by atoms with Crippen LogP contribution < -0.4 is 10.1 Å². The fraction of sp³-hybridized carbons (Fsp3) is 0.238. The molecule has 0 spiro atoms. The molecule has 12 heteroatoms. The molecule has 0 radical (unpaired) electrons. The van der Waals surface area contributed by atoms with Crippen LogP contribution in [-0.2, 0) is 12.9 Å². The highest BCUT2D eigenvalue weighted by Crippen LogP contribution is 2.41. The molecule has 1 fully saturated rings. The summed E-state index contributed by atoms with van der Waals surface area (Å²) < 4.78 is 48.3. The monoisotopic (exact) mass is 476 g/mol. The minimum absolute atomic E-state index is 0.0281. The van der Waals surface area contributed by atoms with E-state index < -0.39 is 17.8 Å². The number of nitrogens with zero attached hydrogens (tertiary/aromatic N) is 5. The summed E-state index contributed by atoms with van der Waals surface area (Å²) >= 11 is 5.92. The number of fused-ring (bicyclic) bond motifs is 1. The predicted octanol–water partition coefficient (Wildman–Crippen LogP) is 4.76. The van der Waals surface area contributed by atoms with Gasteiger partial charge in [-0.3, -0.25) is 4.79 Å². The molecule has 3 aromatic heterocycles. The molecule has 8 nitrogen and oxygen atoms in total. The molecule has 33 heavy (non-hydrogen) atoms. The molecule has 1 aromatic carbocycles. The van der Waals surface area contributed by atoms with Gasteiger partial charge < -0.3 is 10.1 Å². The molecule has 1 aliphatic rings. The van der Waals surface area contributed by atoms with Crippen molar-refractivity contribution in [2.24, 2.45) is 0 Å². The molecule has 0 saturated heterocycles. The smallest absolute Gasteiger partial charge is 0.433 e. The molecule has 1 N–H and O–H groups in total. The third-order valence-corrected chi connectivity index (χ3v) is 5.31. The summed E-state index contributed by atoms with van der Waals surface area (Å²) in [6.07, 6.45) is 0.914. The summed E-state index contributed by atoms with van der Waals surface area (Å²) in [5.74, 6) is -0.124. The molecule has 0 bridgehead atoms. The SMILES string of the molecule is O=C(Nc1cnn(COc2cccc(Cl)c2)c1)c1cnn2c(C(F)(F)F)cc(C3CC3)nc12. The van der Waals surface area contributed by atoms with Gasteiger partial charge >= 0.3 is 6.18 Å². The minimum Gasteiger partial charge on any atom is -0.471 e. The van der Waals surface area contributed by atoms with Crippen molar-refractivity contribution in [2.75, 3.05) is 5.32 Å². The van der Waals surface area contributed by atoms with Gasteiger partial charge in [-0.2, -0.15) is 23.4 Å². The van der Waals surface area contributed by atoms with Crippen molar-refractivity contribution in [1.82, 2.24) is 24.4 Å². The topological polar surface area (TPSA) is 86.3 Å². The normalized spacial score (nSPS) is 13.9. The number of hydrogen-bond acceptors (Lipinski definition) is 5. The summed E-state index contributed by atoms with van der Waals surface area (Å²) in [5.41, 5.74) is -0.509. The van der Waals surface area contributed by atoms with E-state index in [1.165, 1.54) is 17.1 Å². The van der Waals surface area contributed by atoms with Crippen molar-refractivity contribution in [3.8, 4) is 5.75 Å². The van der Waals surface area contributed by atoms with E-state index in [0.717, 1.165) is 25.1 Å². The second-order valence-corrected chi connectivity index (χ2v) is 8.02. The van der Waals surface area contributed by atoms with Crippen molar-refractivity contribution >= 4 is 28.8 Å². The van der Waals surface area contributed by atoms with Gasteiger partial charge in [-0.1, -0.05) is 17.7 Å². The lowest BCUT2D eigenvalue weighted by molar-refractivity contribution is -0.142. The molecule has 1 saturated carbocycles. The third-order valence-electron chi connectivity index (χ3n) is 5.07. The number of alkyl halides is 3. The van der Waals surface area contributed by atoms with E-state index in [4.69, 9.17) is 16.3 Å². The zero-order chi connectivity index (χ0) is 23.2. The number of halogens is 4. The maximum Gasteiger partial charge on any atom is 0.433 e. The molecule has 4 aromatic rings. The maximum atomic E-state index is 13.5. The second kappa shape index (κ2) is 8.07. The highest BCUT2D eigenvalue weighted by atomic mass is 35.5. The predicted molar refractivity (Wildman–Crippen MR) is 112 cm³/mol. The summed E-state index contributed by atoms with van der Waals surface area (Å²) in [5, 5.41) is 11.0. The summed E-state index contributed by atoms with van der Waals surface area (Å²) in [7, 11) is 0. The Kier molecular flexibility index (Phi) is 5.20.